The lowest BCUT2D eigenvalue weighted by molar-refractivity contribution is 0.660. The Morgan fingerprint density at radius 3 is 1.72 bits per heavy atom. The molecule has 0 unspecified atom stereocenters. The molecule has 0 atom stereocenters. The first kappa shape index (κ1) is 31.3. The first-order valence-corrected chi connectivity index (χ1v) is 19.7. The second kappa shape index (κ2) is 11.6. The van der Waals surface area contributed by atoms with Crippen molar-refractivity contribution in [2.45, 2.75) is 24.7 Å². The number of thiophene rings is 1. The predicted octanol–water partition coefficient (Wildman–Crippen LogP) is 14.2. The van der Waals surface area contributed by atoms with Crippen LogP contribution in [0, 0.1) is 0 Å². The summed E-state index contributed by atoms with van der Waals surface area (Å²) in [5.74, 6) is 0. The van der Waals surface area contributed by atoms with Gasteiger partial charge < -0.3 is 4.90 Å². The molecule has 256 valence electrons. The highest BCUT2D eigenvalue weighted by Gasteiger charge is 2.46. The molecule has 0 bridgehead atoms. The van der Waals surface area contributed by atoms with Crippen molar-refractivity contribution in [1.82, 2.24) is 0 Å². The molecule has 0 aliphatic heterocycles. The van der Waals surface area contributed by atoms with E-state index >= 15 is 0 Å². The van der Waals surface area contributed by atoms with Crippen molar-refractivity contribution in [3.05, 3.63) is 221 Å². The Morgan fingerprint density at radius 2 is 0.963 bits per heavy atom. The Balaban J connectivity index is 1.20. The summed E-state index contributed by atoms with van der Waals surface area (Å²) in [4.78, 5) is 2.52. The van der Waals surface area contributed by atoms with Crippen LogP contribution in [0.5, 0.6) is 0 Å². The van der Waals surface area contributed by atoms with Gasteiger partial charge in [-0.3, -0.25) is 0 Å². The Labute approximate surface area is 320 Å². The molecule has 0 radical (unpaired) electrons. The molecule has 0 saturated heterocycles. The van der Waals surface area contributed by atoms with E-state index in [0.717, 1.165) is 11.4 Å². The van der Waals surface area contributed by atoms with Crippen LogP contribution in [0.1, 0.15) is 47.2 Å². The number of fused-ring (bicyclic) bond motifs is 9. The van der Waals surface area contributed by atoms with Crippen LogP contribution >= 0.6 is 11.3 Å². The molecular weight excluding hydrogens is 671 g/mol. The SMILES string of the molecule is CC1(C)c2ccccc2-c2ccc(N(c3cccc(C4(c5ccccc5)c5ccccc5-c5ccccc54)c3)c3cccc4sc5ccccc5c34)cc21. The minimum atomic E-state index is -0.487. The summed E-state index contributed by atoms with van der Waals surface area (Å²) < 4.78 is 2.60. The van der Waals surface area contributed by atoms with E-state index in [1.807, 2.05) is 11.3 Å². The number of benzene rings is 8. The van der Waals surface area contributed by atoms with E-state index in [9.17, 15) is 0 Å². The molecule has 2 aliphatic rings. The van der Waals surface area contributed by atoms with Crippen molar-refractivity contribution in [3.63, 3.8) is 0 Å². The maximum atomic E-state index is 2.52. The fourth-order valence-corrected chi connectivity index (χ4v) is 10.9. The van der Waals surface area contributed by atoms with Crippen molar-refractivity contribution in [1.29, 1.82) is 0 Å². The Hall–Kier alpha value is -6.22. The van der Waals surface area contributed by atoms with E-state index in [2.05, 4.69) is 207 Å². The first-order chi connectivity index (χ1) is 26.5. The number of hydrogen-bond acceptors (Lipinski definition) is 2. The molecule has 0 spiro atoms. The maximum Gasteiger partial charge on any atom is 0.0714 e. The predicted molar refractivity (Wildman–Crippen MR) is 229 cm³/mol. The Kier molecular flexibility index (Phi) is 6.75. The molecule has 2 heteroatoms. The van der Waals surface area contributed by atoms with E-state index in [1.54, 1.807) is 0 Å². The zero-order valence-corrected chi connectivity index (χ0v) is 31.1. The second-order valence-electron chi connectivity index (χ2n) is 15.2. The van der Waals surface area contributed by atoms with Crippen molar-refractivity contribution < 1.29 is 0 Å². The maximum absolute atomic E-state index is 2.52. The number of rotatable bonds is 5. The van der Waals surface area contributed by atoms with Gasteiger partial charge in [0.05, 0.1) is 11.1 Å². The van der Waals surface area contributed by atoms with Crippen LogP contribution in [0.2, 0.25) is 0 Å². The fourth-order valence-electron chi connectivity index (χ4n) is 9.79. The van der Waals surface area contributed by atoms with Crippen LogP contribution in [-0.4, -0.2) is 0 Å². The Morgan fingerprint density at radius 1 is 0.407 bits per heavy atom. The standard InChI is InChI=1S/C52H37NS/c1-51(2)43-24-10-6-20-38(43)41-31-30-37(33-46(41)51)53(47-27-15-29-49-50(47)42-23-9-13-28-48(42)54-49)36-19-14-18-35(32-36)52(34-16-4-3-5-17-34)44-25-11-7-21-39(44)40-22-8-12-26-45(40)52/h3-33H,1-2H3. The third-order valence-corrected chi connectivity index (χ3v) is 13.3. The van der Waals surface area contributed by atoms with Gasteiger partial charge in [-0.1, -0.05) is 159 Å². The van der Waals surface area contributed by atoms with Crippen molar-refractivity contribution >= 4 is 48.6 Å². The van der Waals surface area contributed by atoms with E-state index in [0.29, 0.717) is 0 Å². The van der Waals surface area contributed by atoms with Gasteiger partial charge in [-0.05, 0) is 98.1 Å². The van der Waals surface area contributed by atoms with Crippen LogP contribution in [0.15, 0.2) is 188 Å². The third kappa shape index (κ3) is 4.26. The molecule has 0 N–H and O–H groups in total. The van der Waals surface area contributed by atoms with Gasteiger partial charge in [-0.25, -0.2) is 0 Å². The summed E-state index contributed by atoms with van der Waals surface area (Å²) in [6.07, 6.45) is 0. The van der Waals surface area contributed by atoms with Crippen LogP contribution in [0.4, 0.5) is 17.1 Å². The monoisotopic (exact) mass is 707 g/mol. The Bertz CT molecular complexity index is 2890. The van der Waals surface area contributed by atoms with Crippen LogP contribution in [-0.2, 0) is 10.8 Å². The summed E-state index contributed by atoms with van der Waals surface area (Å²) in [6, 6.07) is 70.3. The smallest absolute Gasteiger partial charge is 0.0714 e. The minimum absolute atomic E-state index is 0.120. The average Bonchev–Trinajstić information content (AvgIpc) is 3.83. The zero-order valence-electron chi connectivity index (χ0n) is 30.3. The van der Waals surface area contributed by atoms with Crippen LogP contribution in [0.3, 0.4) is 0 Å². The van der Waals surface area contributed by atoms with Gasteiger partial charge in [0.25, 0.3) is 0 Å². The first-order valence-electron chi connectivity index (χ1n) is 18.9. The highest BCUT2D eigenvalue weighted by atomic mass is 32.1. The van der Waals surface area contributed by atoms with Crippen LogP contribution < -0.4 is 4.90 Å². The van der Waals surface area contributed by atoms with Gasteiger partial charge in [-0.2, -0.15) is 0 Å². The number of anilines is 3. The van der Waals surface area contributed by atoms with Crippen LogP contribution in [0.25, 0.3) is 42.4 Å². The van der Waals surface area contributed by atoms with Crippen molar-refractivity contribution in [2.75, 3.05) is 4.90 Å². The lowest BCUT2D eigenvalue weighted by atomic mass is 9.67. The van der Waals surface area contributed by atoms with Gasteiger partial charge >= 0.3 is 0 Å². The minimum Gasteiger partial charge on any atom is -0.310 e. The molecule has 0 fully saturated rings. The topological polar surface area (TPSA) is 3.24 Å². The van der Waals surface area contributed by atoms with Gasteiger partial charge in [0, 0.05) is 37.0 Å². The molecule has 54 heavy (non-hydrogen) atoms. The molecule has 1 aromatic heterocycles. The molecule has 1 nitrogen and oxygen atoms in total. The summed E-state index contributed by atoms with van der Waals surface area (Å²) in [6.45, 7) is 4.75. The molecule has 9 aromatic rings. The molecular formula is C52H37NS. The van der Waals surface area contributed by atoms with E-state index in [4.69, 9.17) is 0 Å². The highest BCUT2D eigenvalue weighted by Crippen LogP contribution is 2.57. The quantitative estimate of drug-likeness (QED) is 0.172. The van der Waals surface area contributed by atoms with Gasteiger partial charge in [-0.15, -0.1) is 11.3 Å². The lowest BCUT2D eigenvalue weighted by Crippen LogP contribution is -2.28. The highest BCUT2D eigenvalue weighted by molar-refractivity contribution is 7.26. The van der Waals surface area contributed by atoms with E-state index in [1.165, 1.54) is 81.5 Å². The summed E-state index contributed by atoms with van der Waals surface area (Å²) in [7, 11) is 0. The van der Waals surface area contributed by atoms with Crippen molar-refractivity contribution in [3.8, 4) is 22.3 Å². The lowest BCUT2D eigenvalue weighted by Gasteiger charge is -2.35. The van der Waals surface area contributed by atoms with E-state index in [-0.39, 0.29) is 5.41 Å². The summed E-state index contributed by atoms with van der Waals surface area (Å²) in [5.41, 5.74) is 16.1. The largest absolute Gasteiger partial charge is 0.310 e. The summed E-state index contributed by atoms with van der Waals surface area (Å²) >= 11 is 1.87. The molecule has 11 rings (SSSR count). The number of nitrogens with zero attached hydrogens (tertiary/aromatic N) is 1. The molecule has 1 heterocycles. The fraction of sp³-hybridized carbons (Fsp3) is 0.0769. The van der Waals surface area contributed by atoms with Gasteiger partial charge in [0.2, 0.25) is 0 Å². The van der Waals surface area contributed by atoms with Gasteiger partial charge in [0.1, 0.15) is 0 Å². The molecule has 2 aliphatic carbocycles. The molecule has 0 saturated carbocycles. The molecule has 8 aromatic carbocycles. The number of hydrogen-bond donors (Lipinski definition) is 0. The normalized spacial score (nSPS) is 14.4. The molecule has 0 amide bonds. The van der Waals surface area contributed by atoms with Crippen molar-refractivity contribution in [2.24, 2.45) is 0 Å². The summed E-state index contributed by atoms with van der Waals surface area (Å²) in [5, 5.41) is 2.59. The third-order valence-electron chi connectivity index (χ3n) is 12.1. The zero-order chi connectivity index (χ0) is 36.0. The second-order valence-corrected chi connectivity index (χ2v) is 16.3. The van der Waals surface area contributed by atoms with E-state index < -0.39 is 5.41 Å². The average molecular weight is 708 g/mol. The van der Waals surface area contributed by atoms with Gasteiger partial charge in [0.15, 0.2) is 0 Å².